The standard InChI is InChI=1S/C20H30N2O5S/c1-15(2)27-14-20(23)21-10-8-16-6-7-19(11-17(16)12-21)28(24,25)22-9-4-5-18(22)13-26-3/h6-7,11,15,18H,4-5,8-10,12-14H2,1-3H3/t18-/m0/s1. The molecule has 1 atom stereocenters. The summed E-state index contributed by atoms with van der Waals surface area (Å²) in [5.41, 5.74) is 2.00. The van der Waals surface area contributed by atoms with E-state index in [0.717, 1.165) is 30.4 Å². The van der Waals surface area contributed by atoms with E-state index in [0.29, 0.717) is 31.1 Å². The molecule has 2 aliphatic heterocycles. The molecule has 8 heteroatoms. The molecule has 0 aliphatic carbocycles. The zero-order chi connectivity index (χ0) is 20.3. The van der Waals surface area contributed by atoms with Crippen molar-refractivity contribution in [2.24, 2.45) is 0 Å². The topological polar surface area (TPSA) is 76.2 Å². The first-order chi connectivity index (χ1) is 13.3. The van der Waals surface area contributed by atoms with E-state index in [1.807, 2.05) is 19.9 Å². The summed E-state index contributed by atoms with van der Waals surface area (Å²) < 4.78 is 38.5. The van der Waals surface area contributed by atoms with Crippen LogP contribution in [0.2, 0.25) is 0 Å². The number of fused-ring (bicyclic) bond motifs is 1. The molecule has 1 saturated heterocycles. The van der Waals surface area contributed by atoms with E-state index >= 15 is 0 Å². The molecule has 0 bridgehead atoms. The first-order valence-electron chi connectivity index (χ1n) is 9.85. The van der Waals surface area contributed by atoms with Gasteiger partial charge in [0.1, 0.15) is 6.61 Å². The first kappa shape index (κ1) is 21.2. The van der Waals surface area contributed by atoms with Crippen LogP contribution in [0.25, 0.3) is 0 Å². The molecule has 7 nitrogen and oxygen atoms in total. The molecule has 0 spiro atoms. The Bertz CT molecular complexity index is 809. The summed E-state index contributed by atoms with van der Waals surface area (Å²) in [5.74, 6) is -0.0627. The van der Waals surface area contributed by atoms with Crippen molar-refractivity contribution in [1.29, 1.82) is 0 Å². The predicted molar refractivity (Wildman–Crippen MR) is 105 cm³/mol. The normalized spacial score (nSPS) is 20.6. The van der Waals surface area contributed by atoms with Crippen LogP contribution in [-0.2, 0) is 37.3 Å². The number of nitrogens with zero attached hydrogens (tertiary/aromatic N) is 2. The SMILES string of the molecule is COC[C@@H]1CCCN1S(=O)(=O)c1ccc2c(c1)CN(C(=O)COC(C)C)CC2. The Morgan fingerprint density at radius 2 is 2.04 bits per heavy atom. The monoisotopic (exact) mass is 410 g/mol. The fourth-order valence-electron chi connectivity index (χ4n) is 3.86. The number of rotatable bonds is 7. The van der Waals surface area contributed by atoms with Gasteiger partial charge in [0, 0.05) is 32.8 Å². The van der Waals surface area contributed by atoms with Crippen LogP contribution < -0.4 is 0 Å². The van der Waals surface area contributed by atoms with Gasteiger partial charge in [-0.2, -0.15) is 4.31 Å². The molecular weight excluding hydrogens is 380 g/mol. The molecule has 1 amide bonds. The van der Waals surface area contributed by atoms with E-state index < -0.39 is 10.0 Å². The Kier molecular flexibility index (Phi) is 6.75. The van der Waals surface area contributed by atoms with Crippen LogP contribution in [0.3, 0.4) is 0 Å². The van der Waals surface area contributed by atoms with Gasteiger partial charge >= 0.3 is 0 Å². The third-order valence-corrected chi connectivity index (χ3v) is 7.32. The van der Waals surface area contributed by atoms with Crippen LogP contribution in [-0.4, -0.2) is 69.1 Å². The molecule has 1 aromatic rings. The minimum absolute atomic E-state index is 0.00159. The molecule has 0 unspecified atom stereocenters. The van der Waals surface area contributed by atoms with Crippen LogP contribution in [0, 0.1) is 0 Å². The third-order valence-electron chi connectivity index (χ3n) is 5.37. The van der Waals surface area contributed by atoms with Crippen LogP contribution >= 0.6 is 0 Å². The number of carbonyl (C=O) groups is 1. The second kappa shape index (κ2) is 8.90. The highest BCUT2D eigenvalue weighted by Gasteiger charge is 2.35. The molecule has 0 saturated carbocycles. The third kappa shape index (κ3) is 4.56. The minimum atomic E-state index is -3.58. The van der Waals surface area contributed by atoms with Gasteiger partial charge in [0.2, 0.25) is 15.9 Å². The fourth-order valence-corrected chi connectivity index (χ4v) is 5.59. The van der Waals surface area contributed by atoms with E-state index in [9.17, 15) is 13.2 Å². The number of carbonyl (C=O) groups excluding carboxylic acids is 1. The first-order valence-corrected chi connectivity index (χ1v) is 11.3. The Hall–Kier alpha value is -1.48. The van der Waals surface area contributed by atoms with E-state index in [1.54, 1.807) is 28.4 Å². The van der Waals surface area contributed by atoms with Gasteiger partial charge in [-0.25, -0.2) is 8.42 Å². The molecule has 0 N–H and O–H groups in total. The average molecular weight is 411 g/mol. The highest BCUT2D eigenvalue weighted by molar-refractivity contribution is 7.89. The molecular formula is C20H30N2O5S. The summed E-state index contributed by atoms with van der Waals surface area (Å²) in [5, 5.41) is 0. The van der Waals surface area contributed by atoms with Gasteiger partial charge in [0.05, 0.1) is 17.6 Å². The molecule has 156 valence electrons. The Morgan fingerprint density at radius 1 is 1.25 bits per heavy atom. The second-order valence-electron chi connectivity index (χ2n) is 7.72. The molecule has 2 aliphatic rings. The Morgan fingerprint density at radius 3 is 2.75 bits per heavy atom. The maximum atomic E-state index is 13.2. The highest BCUT2D eigenvalue weighted by atomic mass is 32.2. The van der Waals surface area contributed by atoms with Crippen LogP contribution in [0.1, 0.15) is 37.8 Å². The number of ether oxygens (including phenoxy) is 2. The van der Waals surface area contributed by atoms with E-state index in [4.69, 9.17) is 9.47 Å². The van der Waals surface area contributed by atoms with Crippen molar-refractivity contribution in [2.45, 2.75) is 56.7 Å². The maximum Gasteiger partial charge on any atom is 0.248 e. The summed E-state index contributed by atoms with van der Waals surface area (Å²) in [4.78, 5) is 14.4. The summed E-state index contributed by atoms with van der Waals surface area (Å²) in [6.07, 6.45) is 2.38. The second-order valence-corrected chi connectivity index (χ2v) is 9.61. The summed E-state index contributed by atoms with van der Waals surface area (Å²) in [6.45, 7) is 5.81. The zero-order valence-electron chi connectivity index (χ0n) is 16.9. The average Bonchev–Trinajstić information content (AvgIpc) is 3.14. The Labute approximate surface area is 167 Å². The zero-order valence-corrected chi connectivity index (χ0v) is 17.7. The van der Waals surface area contributed by atoms with Gasteiger partial charge in [-0.05, 0) is 56.4 Å². The lowest BCUT2D eigenvalue weighted by molar-refractivity contribution is -0.138. The number of hydrogen-bond donors (Lipinski definition) is 0. The molecule has 1 aromatic carbocycles. The van der Waals surface area contributed by atoms with Crippen molar-refractivity contribution in [1.82, 2.24) is 9.21 Å². The molecule has 0 aromatic heterocycles. The van der Waals surface area contributed by atoms with Gasteiger partial charge in [-0.1, -0.05) is 6.07 Å². The van der Waals surface area contributed by atoms with Gasteiger partial charge in [0.25, 0.3) is 0 Å². The number of amides is 1. The van der Waals surface area contributed by atoms with Crippen molar-refractivity contribution in [3.63, 3.8) is 0 Å². The fraction of sp³-hybridized carbons (Fsp3) is 0.650. The van der Waals surface area contributed by atoms with E-state index in [1.165, 1.54) is 0 Å². The summed E-state index contributed by atoms with van der Waals surface area (Å²) in [7, 11) is -1.98. The molecule has 0 radical (unpaired) electrons. The van der Waals surface area contributed by atoms with Crippen LogP contribution in [0.5, 0.6) is 0 Å². The number of sulfonamides is 1. The number of methoxy groups -OCH3 is 1. The lowest BCUT2D eigenvalue weighted by Gasteiger charge is -2.30. The van der Waals surface area contributed by atoms with Crippen molar-refractivity contribution >= 4 is 15.9 Å². The van der Waals surface area contributed by atoms with Crippen molar-refractivity contribution < 1.29 is 22.7 Å². The number of benzene rings is 1. The highest BCUT2D eigenvalue weighted by Crippen LogP contribution is 2.29. The quantitative estimate of drug-likeness (QED) is 0.685. The van der Waals surface area contributed by atoms with Gasteiger partial charge in [-0.3, -0.25) is 4.79 Å². The maximum absolute atomic E-state index is 13.2. The largest absolute Gasteiger partial charge is 0.383 e. The van der Waals surface area contributed by atoms with E-state index in [-0.39, 0.29) is 24.7 Å². The Balaban J connectivity index is 1.78. The van der Waals surface area contributed by atoms with E-state index in [2.05, 4.69) is 0 Å². The molecule has 3 rings (SSSR count). The van der Waals surface area contributed by atoms with Crippen molar-refractivity contribution in [3.8, 4) is 0 Å². The van der Waals surface area contributed by atoms with Gasteiger partial charge in [-0.15, -0.1) is 0 Å². The number of hydrogen-bond acceptors (Lipinski definition) is 5. The van der Waals surface area contributed by atoms with Crippen molar-refractivity contribution in [3.05, 3.63) is 29.3 Å². The lowest BCUT2D eigenvalue weighted by Crippen LogP contribution is -2.39. The lowest BCUT2D eigenvalue weighted by atomic mass is 10.00. The molecule has 28 heavy (non-hydrogen) atoms. The molecule has 1 fully saturated rings. The van der Waals surface area contributed by atoms with Gasteiger partial charge < -0.3 is 14.4 Å². The summed E-state index contributed by atoms with van der Waals surface area (Å²) >= 11 is 0. The smallest absolute Gasteiger partial charge is 0.248 e. The van der Waals surface area contributed by atoms with Crippen molar-refractivity contribution in [2.75, 3.05) is 33.4 Å². The van der Waals surface area contributed by atoms with Crippen LogP contribution in [0.15, 0.2) is 23.1 Å². The summed E-state index contributed by atoms with van der Waals surface area (Å²) in [6, 6.07) is 5.19. The minimum Gasteiger partial charge on any atom is -0.383 e. The predicted octanol–water partition coefficient (Wildman–Crippen LogP) is 1.80. The van der Waals surface area contributed by atoms with Gasteiger partial charge in [0.15, 0.2) is 0 Å². The van der Waals surface area contributed by atoms with Crippen LogP contribution in [0.4, 0.5) is 0 Å². The molecule has 2 heterocycles.